The Morgan fingerprint density at radius 1 is 0.926 bits per heavy atom. The van der Waals surface area contributed by atoms with Crippen molar-refractivity contribution >= 4 is 16.6 Å². The van der Waals surface area contributed by atoms with E-state index in [-0.39, 0.29) is 11.2 Å². The zero-order valence-electron chi connectivity index (χ0n) is 15.9. The Kier molecular flexibility index (Phi) is 6.16. The number of unbranched alkanes of at least 4 members (excludes halogenated alkanes) is 5. The number of fused-ring (bicyclic) bond motifs is 1. The number of nitrogens with one attached hydrogen (secondary N) is 1. The number of aromatic nitrogens is 3. The first-order chi connectivity index (χ1) is 13.1. The number of hydrogen-bond acceptors (Lipinski definition) is 3. The van der Waals surface area contributed by atoms with E-state index in [2.05, 4.69) is 27.9 Å². The third-order valence-electron chi connectivity index (χ3n) is 5.08. The number of anilines is 1. The third kappa shape index (κ3) is 4.70. The molecule has 0 fully saturated rings. The maximum Gasteiger partial charge on any atom is 0.328 e. The maximum absolute atomic E-state index is 11.7. The number of hydrogen-bond donors (Lipinski definition) is 2. The summed E-state index contributed by atoms with van der Waals surface area (Å²) in [6, 6.07) is 8.15. The number of aryl methyl sites for hydroxylation is 3. The standard InChI is InChI=1S/C21H28N4O2/c1-16-15-25(21(27)23-20(16)26)13-7-5-3-2-4-6-12-24-14-11-17-18(22)9-8-10-19(17)24/h8-11,14-15H,2-7,12-13,22H2,1H3,(H,23,26,27). The van der Waals surface area contributed by atoms with Crippen molar-refractivity contribution in [3.05, 3.63) is 63.1 Å². The number of aromatic amines is 1. The summed E-state index contributed by atoms with van der Waals surface area (Å²) in [5, 5.41) is 1.13. The molecule has 1 aromatic carbocycles. The zero-order valence-corrected chi connectivity index (χ0v) is 15.9. The molecule has 0 atom stereocenters. The smallest absolute Gasteiger partial charge is 0.328 e. The maximum atomic E-state index is 11.7. The van der Waals surface area contributed by atoms with Crippen LogP contribution >= 0.6 is 0 Å². The van der Waals surface area contributed by atoms with Gasteiger partial charge in [-0.3, -0.25) is 9.78 Å². The number of nitrogens with two attached hydrogens (primary N) is 1. The van der Waals surface area contributed by atoms with Gasteiger partial charge in [-0.1, -0.05) is 31.7 Å². The fourth-order valence-corrected chi connectivity index (χ4v) is 3.50. The van der Waals surface area contributed by atoms with Gasteiger partial charge in [0.05, 0.1) is 5.52 Å². The summed E-state index contributed by atoms with van der Waals surface area (Å²) in [7, 11) is 0. The molecule has 3 N–H and O–H groups in total. The lowest BCUT2D eigenvalue weighted by Crippen LogP contribution is -2.30. The van der Waals surface area contributed by atoms with Gasteiger partial charge in [0.25, 0.3) is 5.56 Å². The second-order valence-electron chi connectivity index (χ2n) is 7.18. The van der Waals surface area contributed by atoms with Gasteiger partial charge in [0, 0.05) is 42.1 Å². The van der Waals surface area contributed by atoms with Crippen molar-refractivity contribution in [2.24, 2.45) is 0 Å². The highest BCUT2D eigenvalue weighted by molar-refractivity contribution is 5.91. The number of rotatable bonds is 9. The fourth-order valence-electron chi connectivity index (χ4n) is 3.50. The van der Waals surface area contributed by atoms with Crippen molar-refractivity contribution in [3.8, 4) is 0 Å². The molecule has 0 aliphatic heterocycles. The van der Waals surface area contributed by atoms with Gasteiger partial charge in [0.1, 0.15) is 0 Å². The lowest BCUT2D eigenvalue weighted by Gasteiger charge is -2.07. The SMILES string of the molecule is Cc1cn(CCCCCCCCn2ccc3c(N)cccc32)c(=O)[nH]c1=O. The van der Waals surface area contributed by atoms with E-state index in [0.717, 1.165) is 43.3 Å². The molecule has 144 valence electrons. The molecule has 0 saturated carbocycles. The Balaban J connectivity index is 1.34. The summed E-state index contributed by atoms with van der Waals surface area (Å²) < 4.78 is 3.87. The summed E-state index contributed by atoms with van der Waals surface area (Å²) >= 11 is 0. The highest BCUT2D eigenvalue weighted by Gasteiger charge is 2.03. The third-order valence-corrected chi connectivity index (χ3v) is 5.08. The molecule has 3 aromatic rings. The van der Waals surface area contributed by atoms with Crippen LogP contribution in [0.4, 0.5) is 5.69 Å². The molecule has 2 aromatic heterocycles. The molecule has 6 nitrogen and oxygen atoms in total. The van der Waals surface area contributed by atoms with Crippen LogP contribution < -0.4 is 17.0 Å². The van der Waals surface area contributed by atoms with E-state index in [4.69, 9.17) is 5.73 Å². The van der Waals surface area contributed by atoms with E-state index >= 15 is 0 Å². The second kappa shape index (κ2) is 8.75. The van der Waals surface area contributed by atoms with Crippen LogP contribution in [0.3, 0.4) is 0 Å². The predicted octanol–water partition coefficient (Wildman–Crippen LogP) is 3.42. The topological polar surface area (TPSA) is 85.8 Å². The summed E-state index contributed by atoms with van der Waals surface area (Å²) in [6.07, 6.45) is 10.5. The molecule has 0 aliphatic rings. The van der Waals surface area contributed by atoms with E-state index in [1.807, 2.05) is 12.1 Å². The number of H-pyrrole nitrogens is 1. The van der Waals surface area contributed by atoms with Crippen LogP contribution in [0.15, 0.2) is 46.2 Å². The molecule has 0 radical (unpaired) electrons. The van der Waals surface area contributed by atoms with Gasteiger partial charge < -0.3 is 14.9 Å². The van der Waals surface area contributed by atoms with Crippen LogP contribution in [0.2, 0.25) is 0 Å². The highest BCUT2D eigenvalue weighted by Crippen LogP contribution is 2.22. The van der Waals surface area contributed by atoms with Gasteiger partial charge in [-0.25, -0.2) is 4.79 Å². The number of nitrogens with zero attached hydrogens (tertiary/aromatic N) is 2. The molecule has 0 bridgehead atoms. The van der Waals surface area contributed by atoms with Gasteiger partial charge >= 0.3 is 5.69 Å². The Morgan fingerprint density at radius 3 is 2.33 bits per heavy atom. The van der Waals surface area contributed by atoms with Crippen LogP contribution in [0.1, 0.15) is 44.1 Å². The molecule has 0 unspecified atom stereocenters. The van der Waals surface area contributed by atoms with Gasteiger partial charge in [-0.15, -0.1) is 0 Å². The molecule has 2 heterocycles. The molecular formula is C21H28N4O2. The quantitative estimate of drug-likeness (QED) is 0.448. The normalized spacial score (nSPS) is 11.3. The summed E-state index contributed by atoms with van der Waals surface area (Å²) in [5.74, 6) is 0. The van der Waals surface area contributed by atoms with Crippen molar-refractivity contribution in [1.82, 2.24) is 14.1 Å². The van der Waals surface area contributed by atoms with E-state index in [0.29, 0.717) is 12.1 Å². The highest BCUT2D eigenvalue weighted by atomic mass is 16.2. The second-order valence-corrected chi connectivity index (χ2v) is 7.18. The molecule has 6 heteroatoms. The first kappa shape index (κ1) is 19.0. The van der Waals surface area contributed by atoms with Gasteiger partial charge in [0.15, 0.2) is 0 Å². The van der Waals surface area contributed by atoms with Crippen molar-refractivity contribution in [1.29, 1.82) is 0 Å². The molecular weight excluding hydrogens is 340 g/mol. The monoisotopic (exact) mass is 368 g/mol. The Bertz CT molecular complexity index is 1010. The van der Waals surface area contributed by atoms with Gasteiger partial charge in [0.2, 0.25) is 0 Å². The minimum atomic E-state index is -0.315. The summed E-state index contributed by atoms with van der Waals surface area (Å²) in [6.45, 7) is 3.39. The lowest BCUT2D eigenvalue weighted by atomic mass is 10.1. The first-order valence-corrected chi connectivity index (χ1v) is 9.70. The van der Waals surface area contributed by atoms with Crippen molar-refractivity contribution in [3.63, 3.8) is 0 Å². The molecule has 3 rings (SSSR count). The first-order valence-electron chi connectivity index (χ1n) is 9.70. The van der Waals surface area contributed by atoms with E-state index in [9.17, 15) is 9.59 Å². The van der Waals surface area contributed by atoms with Crippen molar-refractivity contribution < 1.29 is 0 Å². The number of nitrogen functional groups attached to an aromatic ring is 1. The van der Waals surface area contributed by atoms with E-state index in [1.54, 1.807) is 17.7 Å². The average molecular weight is 368 g/mol. The fraction of sp³-hybridized carbons (Fsp3) is 0.429. The Morgan fingerprint density at radius 2 is 1.59 bits per heavy atom. The lowest BCUT2D eigenvalue weighted by molar-refractivity contribution is 0.525. The number of benzene rings is 1. The summed E-state index contributed by atoms with van der Waals surface area (Å²) in [4.78, 5) is 25.4. The molecule has 0 amide bonds. The van der Waals surface area contributed by atoms with Crippen molar-refractivity contribution in [2.75, 3.05) is 5.73 Å². The summed E-state index contributed by atoms with van der Waals surface area (Å²) in [5.41, 5.74) is 8.01. The predicted molar refractivity (Wildman–Crippen MR) is 110 cm³/mol. The van der Waals surface area contributed by atoms with Crippen LogP contribution in [0, 0.1) is 6.92 Å². The minimum Gasteiger partial charge on any atom is -0.398 e. The van der Waals surface area contributed by atoms with Crippen LogP contribution in [-0.4, -0.2) is 14.1 Å². The zero-order chi connectivity index (χ0) is 19.2. The Labute approximate surface area is 158 Å². The Hall–Kier alpha value is -2.76. The van der Waals surface area contributed by atoms with Crippen LogP contribution in [0.5, 0.6) is 0 Å². The average Bonchev–Trinajstić information content (AvgIpc) is 3.06. The van der Waals surface area contributed by atoms with E-state index in [1.165, 1.54) is 18.4 Å². The van der Waals surface area contributed by atoms with Crippen LogP contribution in [0.25, 0.3) is 10.9 Å². The van der Waals surface area contributed by atoms with Crippen molar-refractivity contribution in [2.45, 2.75) is 58.5 Å². The van der Waals surface area contributed by atoms with Crippen LogP contribution in [-0.2, 0) is 13.1 Å². The van der Waals surface area contributed by atoms with E-state index < -0.39 is 0 Å². The van der Waals surface area contributed by atoms with Gasteiger partial charge in [-0.05, 0) is 38.0 Å². The molecule has 27 heavy (non-hydrogen) atoms. The molecule has 0 spiro atoms. The molecule has 0 aliphatic carbocycles. The minimum absolute atomic E-state index is 0.297. The van der Waals surface area contributed by atoms with Gasteiger partial charge in [-0.2, -0.15) is 0 Å². The molecule has 0 saturated heterocycles. The largest absolute Gasteiger partial charge is 0.398 e.